The van der Waals surface area contributed by atoms with E-state index >= 15 is 0 Å². The van der Waals surface area contributed by atoms with Gasteiger partial charge in [0.1, 0.15) is 12.8 Å². The Balaban J connectivity index is 2.75. The first-order chi connectivity index (χ1) is 16.1. The zero-order valence-electron chi connectivity index (χ0n) is 19.9. The van der Waals surface area contributed by atoms with E-state index in [1.54, 1.807) is 0 Å². The first-order valence-corrected chi connectivity index (χ1v) is 14.5. The fourth-order valence-corrected chi connectivity index (χ4v) is 4.27. The first kappa shape index (κ1) is 30.7. The van der Waals surface area contributed by atoms with Gasteiger partial charge in [-0.2, -0.15) is 0 Å². The molecule has 1 rings (SSSR count). The Labute approximate surface area is 212 Å². The van der Waals surface area contributed by atoms with Crippen molar-refractivity contribution in [1.29, 1.82) is 0 Å². The molecule has 34 heavy (non-hydrogen) atoms. The molecule has 194 valence electrons. The molecule has 0 fully saturated rings. The minimum atomic E-state index is -3.44. The molecule has 0 unspecified atom stereocenters. The lowest BCUT2D eigenvalue weighted by atomic mass is 10.0. The summed E-state index contributed by atoms with van der Waals surface area (Å²) in [5, 5.41) is 2.35. The monoisotopic (exact) mass is 539 g/mol. The van der Waals surface area contributed by atoms with Crippen LogP contribution >= 0.6 is 23.2 Å². The molecule has 0 heterocycles. The maximum atomic E-state index is 13.9. The molecule has 0 aliphatic rings. The topological polar surface area (TPSA) is 89.5 Å². The van der Waals surface area contributed by atoms with Gasteiger partial charge in [0.2, 0.25) is 0 Å². The zero-order chi connectivity index (χ0) is 25.6. The molecule has 1 amide bonds. The van der Waals surface area contributed by atoms with Gasteiger partial charge in [0.05, 0.1) is 10.9 Å². The van der Waals surface area contributed by atoms with Crippen molar-refractivity contribution in [1.82, 2.24) is 5.32 Å². The Morgan fingerprint density at radius 2 is 1.50 bits per heavy atom. The molecule has 0 aromatic heterocycles. The van der Waals surface area contributed by atoms with Crippen LogP contribution in [0, 0.1) is 0 Å². The van der Waals surface area contributed by atoms with E-state index in [2.05, 4.69) is 12.2 Å². The summed E-state index contributed by atoms with van der Waals surface area (Å²) in [6.07, 6.45) is 9.92. The van der Waals surface area contributed by atoms with E-state index in [1.807, 2.05) is 0 Å². The van der Waals surface area contributed by atoms with Crippen molar-refractivity contribution in [2.24, 2.45) is 0 Å². The number of carbonyl (C=O) groups excluding carboxylic acids is 2. The molecule has 0 aliphatic heterocycles. The van der Waals surface area contributed by atoms with E-state index in [1.165, 1.54) is 56.4 Å². The van der Waals surface area contributed by atoms with Crippen LogP contribution in [0.1, 0.15) is 82.8 Å². The number of benzene rings is 1. The van der Waals surface area contributed by atoms with E-state index in [0.29, 0.717) is 12.0 Å². The second-order valence-electron chi connectivity index (χ2n) is 8.40. The van der Waals surface area contributed by atoms with E-state index in [9.17, 15) is 22.4 Å². The number of rotatable bonds is 17. The van der Waals surface area contributed by atoms with Gasteiger partial charge in [0.15, 0.2) is 14.7 Å². The summed E-state index contributed by atoms with van der Waals surface area (Å²) in [5.41, 5.74) is 0.344. The Morgan fingerprint density at radius 1 is 0.971 bits per heavy atom. The van der Waals surface area contributed by atoms with Crippen LogP contribution in [0.25, 0.3) is 0 Å². The van der Waals surface area contributed by atoms with Gasteiger partial charge in [0, 0.05) is 12.7 Å². The van der Waals surface area contributed by atoms with E-state index in [0.717, 1.165) is 25.5 Å². The highest BCUT2D eigenvalue weighted by molar-refractivity contribution is 7.90. The second-order valence-corrected chi connectivity index (χ2v) is 11.5. The third-order valence-corrected chi connectivity index (χ3v) is 6.96. The SMILES string of the molecule is CCCCCCCCCCCC(=O)O[C@H](c1ccc(S(C)(=O)=O)cc1)[C@@H](CF)NC(=O)C(Cl)Cl. The summed E-state index contributed by atoms with van der Waals surface area (Å²) in [7, 11) is -3.44. The van der Waals surface area contributed by atoms with E-state index in [-0.39, 0.29) is 11.3 Å². The van der Waals surface area contributed by atoms with Crippen LogP contribution in [-0.4, -0.2) is 44.1 Å². The summed E-state index contributed by atoms with van der Waals surface area (Å²) in [6.45, 7) is 1.14. The molecule has 1 aromatic carbocycles. The number of ether oxygens (including phenoxy) is 1. The van der Waals surface area contributed by atoms with Gasteiger partial charge in [-0.05, 0) is 24.1 Å². The molecule has 6 nitrogen and oxygen atoms in total. The van der Waals surface area contributed by atoms with E-state index < -0.39 is 45.4 Å². The Hall–Kier alpha value is -1.38. The van der Waals surface area contributed by atoms with Crippen molar-refractivity contribution < 1.29 is 27.1 Å². The third kappa shape index (κ3) is 11.8. The summed E-state index contributed by atoms with van der Waals surface area (Å²) < 4.78 is 42.8. The summed E-state index contributed by atoms with van der Waals surface area (Å²) >= 11 is 11.1. The van der Waals surface area contributed by atoms with Crippen molar-refractivity contribution in [3.05, 3.63) is 29.8 Å². The van der Waals surface area contributed by atoms with Gasteiger partial charge in [-0.25, -0.2) is 12.8 Å². The highest BCUT2D eigenvalue weighted by atomic mass is 35.5. The van der Waals surface area contributed by atoms with Crippen molar-refractivity contribution in [3.8, 4) is 0 Å². The summed E-state index contributed by atoms with van der Waals surface area (Å²) in [4.78, 5) is 23.1. The fourth-order valence-electron chi connectivity index (χ4n) is 3.51. The molecule has 1 aromatic rings. The smallest absolute Gasteiger partial charge is 0.306 e. The molecule has 0 saturated heterocycles. The van der Waals surface area contributed by atoms with Crippen LogP contribution in [0.5, 0.6) is 0 Å². The van der Waals surface area contributed by atoms with Gasteiger partial charge >= 0.3 is 5.97 Å². The molecular formula is C24H36Cl2FNO5S. The van der Waals surface area contributed by atoms with Crippen LogP contribution in [0.3, 0.4) is 0 Å². The molecule has 0 radical (unpaired) electrons. The Kier molecular flexibility index (Phi) is 14.7. The molecule has 0 bridgehead atoms. The highest BCUT2D eigenvalue weighted by Crippen LogP contribution is 2.25. The van der Waals surface area contributed by atoms with E-state index in [4.69, 9.17) is 27.9 Å². The molecule has 10 heteroatoms. The Bertz CT molecular complexity index is 849. The molecule has 0 saturated carbocycles. The third-order valence-electron chi connectivity index (χ3n) is 5.44. The lowest BCUT2D eigenvalue weighted by molar-refractivity contribution is -0.152. The van der Waals surface area contributed by atoms with Crippen LogP contribution in [0.4, 0.5) is 4.39 Å². The molecule has 0 spiro atoms. The number of hydrogen-bond acceptors (Lipinski definition) is 5. The summed E-state index contributed by atoms with van der Waals surface area (Å²) in [6, 6.07) is 4.31. The lowest BCUT2D eigenvalue weighted by Crippen LogP contribution is -2.44. The largest absolute Gasteiger partial charge is 0.455 e. The number of amides is 1. The standard InChI is InChI=1S/C24H36Cl2FNO5S/c1-3-4-5-6-7-8-9-10-11-12-21(29)33-22(20(17-27)28-24(30)23(25)26)18-13-15-19(16-14-18)34(2,31)32/h13-16,20,22-23H,3-12,17H2,1-2H3,(H,28,30)/t20-,22-/m1/s1. The maximum Gasteiger partial charge on any atom is 0.306 e. The number of alkyl halides is 3. The second kappa shape index (κ2) is 16.3. The van der Waals surface area contributed by atoms with Crippen molar-refractivity contribution >= 4 is 44.9 Å². The molecule has 0 aliphatic carbocycles. The van der Waals surface area contributed by atoms with Gasteiger partial charge in [-0.3, -0.25) is 9.59 Å². The average molecular weight is 541 g/mol. The lowest BCUT2D eigenvalue weighted by Gasteiger charge is -2.27. The quantitative estimate of drug-likeness (QED) is 0.152. The minimum Gasteiger partial charge on any atom is -0.455 e. The van der Waals surface area contributed by atoms with Crippen molar-refractivity contribution in [3.63, 3.8) is 0 Å². The van der Waals surface area contributed by atoms with Crippen LogP contribution in [0.2, 0.25) is 0 Å². The summed E-state index contributed by atoms with van der Waals surface area (Å²) in [5.74, 6) is -1.35. The number of esters is 1. The van der Waals surface area contributed by atoms with Crippen LogP contribution in [-0.2, 0) is 24.2 Å². The fraction of sp³-hybridized carbons (Fsp3) is 0.667. The number of sulfone groups is 1. The van der Waals surface area contributed by atoms with Crippen molar-refractivity contribution in [2.75, 3.05) is 12.9 Å². The zero-order valence-corrected chi connectivity index (χ0v) is 22.2. The minimum absolute atomic E-state index is 0.0680. The van der Waals surface area contributed by atoms with Crippen LogP contribution in [0.15, 0.2) is 29.2 Å². The molecule has 2 atom stereocenters. The highest BCUT2D eigenvalue weighted by Gasteiger charge is 2.30. The van der Waals surface area contributed by atoms with Gasteiger partial charge < -0.3 is 10.1 Å². The number of carbonyl (C=O) groups is 2. The predicted octanol–water partition coefficient (Wildman–Crippen LogP) is 5.85. The number of hydrogen-bond donors (Lipinski definition) is 1. The van der Waals surface area contributed by atoms with Crippen LogP contribution < -0.4 is 5.32 Å². The number of unbranched alkanes of at least 4 members (excludes halogenated alkanes) is 8. The number of halogens is 3. The van der Waals surface area contributed by atoms with Gasteiger partial charge in [-0.1, -0.05) is 93.6 Å². The van der Waals surface area contributed by atoms with Crippen molar-refractivity contribution in [2.45, 2.75) is 93.0 Å². The Morgan fingerprint density at radius 3 is 1.97 bits per heavy atom. The maximum absolute atomic E-state index is 13.9. The predicted molar refractivity (Wildman–Crippen MR) is 134 cm³/mol. The molecule has 1 N–H and O–H groups in total. The first-order valence-electron chi connectivity index (χ1n) is 11.7. The average Bonchev–Trinajstić information content (AvgIpc) is 2.79. The normalized spacial score (nSPS) is 13.5. The van der Waals surface area contributed by atoms with Gasteiger partial charge in [0.25, 0.3) is 5.91 Å². The van der Waals surface area contributed by atoms with Gasteiger partial charge in [-0.15, -0.1) is 0 Å². The number of nitrogens with one attached hydrogen (secondary N) is 1. The molecular weight excluding hydrogens is 504 g/mol.